The third-order valence-corrected chi connectivity index (χ3v) is 5.32. The maximum absolute atomic E-state index is 12.4. The van der Waals surface area contributed by atoms with Gasteiger partial charge in [0.1, 0.15) is 5.76 Å². The van der Waals surface area contributed by atoms with Gasteiger partial charge >= 0.3 is 0 Å². The van der Waals surface area contributed by atoms with Gasteiger partial charge in [0.25, 0.3) is 5.91 Å². The molecular formula is C19H21Cl2NO3. The van der Waals surface area contributed by atoms with Gasteiger partial charge in [-0.2, -0.15) is 0 Å². The summed E-state index contributed by atoms with van der Waals surface area (Å²) in [4.78, 5) is 12.4. The summed E-state index contributed by atoms with van der Waals surface area (Å²) in [5, 5.41) is 4.23. The Bertz CT molecular complexity index is 751. The van der Waals surface area contributed by atoms with Crippen LogP contribution < -0.4 is 5.32 Å². The van der Waals surface area contributed by atoms with Crippen LogP contribution >= 0.6 is 23.2 Å². The van der Waals surface area contributed by atoms with Gasteiger partial charge in [0.15, 0.2) is 5.76 Å². The minimum absolute atomic E-state index is 0.212. The van der Waals surface area contributed by atoms with Crippen molar-refractivity contribution in [3.63, 3.8) is 0 Å². The maximum atomic E-state index is 12.4. The van der Waals surface area contributed by atoms with Gasteiger partial charge in [-0.05, 0) is 42.7 Å². The number of halogens is 2. The molecule has 1 aromatic carbocycles. The van der Waals surface area contributed by atoms with Gasteiger partial charge in [0, 0.05) is 41.6 Å². The monoisotopic (exact) mass is 381 g/mol. The number of nitrogens with one attached hydrogen (secondary N) is 1. The summed E-state index contributed by atoms with van der Waals surface area (Å²) in [6, 6.07) is 9.07. The van der Waals surface area contributed by atoms with E-state index in [1.54, 1.807) is 12.1 Å². The van der Waals surface area contributed by atoms with Crippen LogP contribution in [0.3, 0.4) is 0 Å². The average molecular weight is 382 g/mol. The van der Waals surface area contributed by atoms with Crippen LogP contribution in [0.2, 0.25) is 10.0 Å². The Morgan fingerprint density at radius 1 is 1.20 bits per heavy atom. The first-order chi connectivity index (χ1) is 12.0. The van der Waals surface area contributed by atoms with Gasteiger partial charge in [-0.25, -0.2) is 0 Å². The van der Waals surface area contributed by atoms with Crippen molar-refractivity contribution in [1.82, 2.24) is 5.32 Å². The van der Waals surface area contributed by atoms with Gasteiger partial charge in [0.2, 0.25) is 0 Å². The van der Waals surface area contributed by atoms with Crippen molar-refractivity contribution in [2.75, 3.05) is 19.8 Å². The van der Waals surface area contributed by atoms with E-state index >= 15 is 0 Å². The number of ether oxygens (including phenoxy) is 1. The molecule has 1 fully saturated rings. The van der Waals surface area contributed by atoms with Crippen molar-refractivity contribution in [3.8, 4) is 0 Å². The molecular weight excluding hydrogens is 361 g/mol. The lowest BCUT2D eigenvalue weighted by atomic mass is 9.74. The number of carbonyl (C=O) groups excluding carboxylic acids is 1. The van der Waals surface area contributed by atoms with Gasteiger partial charge in [-0.3, -0.25) is 4.79 Å². The molecule has 2 heterocycles. The van der Waals surface area contributed by atoms with E-state index in [-0.39, 0.29) is 11.3 Å². The molecule has 3 rings (SSSR count). The first kappa shape index (κ1) is 18.3. The van der Waals surface area contributed by atoms with Crippen molar-refractivity contribution in [2.24, 2.45) is 0 Å². The molecule has 25 heavy (non-hydrogen) atoms. The highest BCUT2D eigenvalue weighted by molar-refractivity contribution is 6.35. The van der Waals surface area contributed by atoms with Gasteiger partial charge in [0.05, 0.1) is 0 Å². The predicted molar refractivity (Wildman–Crippen MR) is 98.6 cm³/mol. The van der Waals surface area contributed by atoms with E-state index in [4.69, 9.17) is 32.4 Å². The minimum atomic E-state index is -0.268. The molecule has 4 nitrogen and oxygen atoms in total. The predicted octanol–water partition coefficient (Wildman–Crippen LogP) is 4.63. The fraction of sp³-hybridized carbons (Fsp3) is 0.421. The number of rotatable bonds is 5. The molecule has 0 spiro atoms. The first-order valence-electron chi connectivity index (χ1n) is 8.44. The van der Waals surface area contributed by atoms with Crippen LogP contribution in [0.15, 0.2) is 34.7 Å². The molecule has 1 saturated heterocycles. The number of hydrogen-bond donors (Lipinski definition) is 1. The summed E-state index contributed by atoms with van der Waals surface area (Å²) in [5.41, 5.74) is 0.728. The van der Waals surface area contributed by atoms with Crippen LogP contribution in [0.1, 0.15) is 41.6 Å². The Hall–Kier alpha value is -1.49. The average Bonchev–Trinajstić information content (AvgIpc) is 3.10. The van der Waals surface area contributed by atoms with E-state index in [1.807, 2.05) is 25.1 Å². The van der Waals surface area contributed by atoms with Crippen molar-refractivity contribution < 1.29 is 13.9 Å². The lowest BCUT2D eigenvalue weighted by Crippen LogP contribution is -2.44. The summed E-state index contributed by atoms with van der Waals surface area (Å²) in [6.07, 6.45) is 2.33. The molecule has 0 saturated carbocycles. The van der Waals surface area contributed by atoms with E-state index in [1.165, 1.54) is 0 Å². The fourth-order valence-electron chi connectivity index (χ4n) is 3.25. The van der Waals surface area contributed by atoms with Crippen LogP contribution in [-0.4, -0.2) is 25.7 Å². The number of amides is 1. The van der Waals surface area contributed by atoms with Crippen molar-refractivity contribution in [2.45, 2.75) is 31.6 Å². The summed E-state index contributed by atoms with van der Waals surface area (Å²) in [7, 11) is 0. The Kier molecular flexibility index (Phi) is 5.72. The van der Waals surface area contributed by atoms with E-state index in [0.717, 1.165) is 30.6 Å². The topological polar surface area (TPSA) is 51.5 Å². The number of furan rings is 1. The van der Waals surface area contributed by atoms with Crippen molar-refractivity contribution in [3.05, 3.63) is 57.5 Å². The van der Waals surface area contributed by atoms with Gasteiger partial charge in [-0.15, -0.1) is 0 Å². The van der Waals surface area contributed by atoms with Crippen LogP contribution in [0, 0.1) is 0 Å². The second-order valence-electron chi connectivity index (χ2n) is 6.32. The summed E-state index contributed by atoms with van der Waals surface area (Å²) >= 11 is 12.5. The summed E-state index contributed by atoms with van der Waals surface area (Å²) < 4.78 is 11.1. The highest BCUT2D eigenvalue weighted by Crippen LogP contribution is 2.39. The normalized spacial score (nSPS) is 16.6. The van der Waals surface area contributed by atoms with Crippen molar-refractivity contribution in [1.29, 1.82) is 0 Å². The molecule has 2 aromatic rings. The molecule has 0 bridgehead atoms. The third kappa shape index (κ3) is 4.02. The number of carbonyl (C=O) groups is 1. The van der Waals surface area contributed by atoms with Crippen LogP contribution in [0.5, 0.6) is 0 Å². The SMILES string of the molecule is CCc1ccc(C(=O)NCC2(c3ccc(Cl)cc3Cl)CCOCC2)o1. The Morgan fingerprint density at radius 2 is 1.96 bits per heavy atom. The molecule has 1 aliphatic rings. The van der Waals surface area contributed by atoms with Crippen LogP contribution in [0.4, 0.5) is 0 Å². The van der Waals surface area contributed by atoms with E-state index in [0.29, 0.717) is 35.6 Å². The first-order valence-corrected chi connectivity index (χ1v) is 9.20. The van der Waals surface area contributed by atoms with Gasteiger partial charge in [-0.1, -0.05) is 36.2 Å². The lowest BCUT2D eigenvalue weighted by Gasteiger charge is -2.38. The highest BCUT2D eigenvalue weighted by atomic mass is 35.5. The second-order valence-corrected chi connectivity index (χ2v) is 7.16. The quantitative estimate of drug-likeness (QED) is 0.821. The Balaban J connectivity index is 1.80. The molecule has 0 radical (unpaired) electrons. The molecule has 0 atom stereocenters. The van der Waals surface area contributed by atoms with E-state index in [9.17, 15) is 4.79 Å². The minimum Gasteiger partial charge on any atom is -0.456 e. The molecule has 1 aromatic heterocycles. The van der Waals surface area contributed by atoms with E-state index in [2.05, 4.69) is 5.32 Å². The fourth-order valence-corrected chi connectivity index (χ4v) is 3.86. The smallest absolute Gasteiger partial charge is 0.287 e. The van der Waals surface area contributed by atoms with E-state index < -0.39 is 0 Å². The largest absolute Gasteiger partial charge is 0.456 e. The summed E-state index contributed by atoms with van der Waals surface area (Å²) in [5.74, 6) is 0.920. The molecule has 1 N–H and O–H groups in total. The molecule has 0 aliphatic carbocycles. The maximum Gasteiger partial charge on any atom is 0.287 e. The summed E-state index contributed by atoms with van der Waals surface area (Å²) in [6.45, 7) is 3.73. The number of aryl methyl sites for hydroxylation is 1. The molecule has 6 heteroatoms. The Morgan fingerprint density at radius 3 is 2.60 bits per heavy atom. The van der Waals surface area contributed by atoms with Crippen LogP contribution in [-0.2, 0) is 16.6 Å². The number of hydrogen-bond acceptors (Lipinski definition) is 3. The van der Waals surface area contributed by atoms with Crippen molar-refractivity contribution >= 4 is 29.1 Å². The molecule has 1 amide bonds. The molecule has 1 aliphatic heterocycles. The standard InChI is InChI=1S/C19H21Cl2NO3/c1-2-14-4-6-17(25-14)18(23)22-12-19(7-9-24-10-8-19)15-5-3-13(20)11-16(15)21/h3-6,11H,2,7-10,12H2,1H3,(H,22,23). The molecule has 0 unspecified atom stereocenters. The second kappa shape index (κ2) is 7.81. The van der Waals surface area contributed by atoms with Crippen LogP contribution in [0.25, 0.3) is 0 Å². The zero-order valence-electron chi connectivity index (χ0n) is 14.1. The Labute approximate surface area is 157 Å². The molecule has 134 valence electrons. The third-order valence-electron chi connectivity index (χ3n) is 4.77. The zero-order chi connectivity index (χ0) is 17.9. The lowest BCUT2D eigenvalue weighted by molar-refractivity contribution is 0.0485. The zero-order valence-corrected chi connectivity index (χ0v) is 15.6. The highest BCUT2D eigenvalue weighted by Gasteiger charge is 2.36. The number of benzene rings is 1. The van der Waals surface area contributed by atoms with Gasteiger partial charge < -0.3 is 14.5 Å².